The first-order valence-electron chi connectivity index (χ1n) is 5.73. The van der Waals surface area contributed by atoms with Gasteiger partial charge in [0.1, 0.15) is 0 Å². The molecule has 2 heterocycles. The molecule has 0 aliphatic heterocycles. The molecule has 0 atom stereocenters. The molecule has 0 saturated heterocycles. The van der Waals surface area contributed by atoms with Crippen molar-refractivity contribution in [3.63, 3.8) is 0 Å². The summed E-state index contributed by atoms with van der Waals surface area (Å²) in [5, 5.41) is 7.59. The molecule has 1 aliphatic rings. The maximum Gasteiger partial charge on any atom is 0.0966 e. The number of hydrogen-bond acceptors (Lipinski definition) is 1. The van der Waals surface area contributed by atoms with E-state index in [1.54, 1.807) is 0 Å². The van der Waals surface area contributed by atoms with Crippen LogP contribution in [0.25, 0.3) is 22.6 Å². The van der Waals surface area contributed by atoms with Gasteiger partial charge in [0, 0.05) is 23.7 Å². The summed E-state index contributed by atoms with van der Waals surface area (Å²) < 4.78 is 0. The van der Waals surface area contributed by atoms with Crippen molar-refractivity contribution in [2.75, 3.05) is 0 Å². The summed E-state index contributed by atoms with van der Waals surface area (Å²) in [6.45, 7) is 0. The zero-order valence-corrected chi connectivity index (χ0v) is 9.20. The van der Waals surface area contributed by atoms with Crippen LogP contribution < -0.4 is 0 Å². The van der Waals surface area contributed by atoms with Gasteiger partial charge in [-0.15, -0.1) is 0 Å². The average Bonchev–Trinajstić information content (AvgIpc) is 3.04. The molecule has 0 fully saturated rings. The first-order valence-corrected chi connectivity index (χ1v) is 5.73. The third-order valence-corrected chi connectivity index (χ3v) is 3.37. The van der Waals surface area contributed by atoms with E-state index in [4.69, 9.17) is 0 Å². The number of benzene rings is 1. The summed E-state index contributed by atoms with van der Waals surface area (Å²) in [4.78, 5) is 3.22. The fourth-order valence-electron chi connectivity index (χ4n) is 2.56. The third kappa shape index (κ3) is 1.13. The Balaban J connectivity index is 1.93. The second-order valence-electron chi connectivity index (χ2n) is 4.34. The first-order chi connectivity index (χ1) is 8.43. The van der Waals surface area contributed by atoms with Crippen molar-refractivity contribution < 1.29 is 0 Å². The number of hydrogen-bond donors (Lipinski definition) is 2. The van der Waals surface area contributed by atoms with Crippen molar-refractivity contribution in [2.45, 2.75) is 6.42 Å². The zero-order chi connectivity index (χ0) is 11.2. The predicted octanol–water partition coefficient (Wildman–Crippen LogP) is 2.98. The molecule has 0 bridgehead atoms. The fraction of sp³-hybridized carbons (Fsp3) is 0.0714. The van der Waals surface area contributed by atoms with Gasteiger partial charge in [0.15, 0.2) is 0 Å². The van der Waals surface area contributed by atoms with E-state index < -0.39 is 0 Å². The number of nitrogens with zero attached hydrogens (tertiary/aromatic N) is 1. The van der Waals surface area contributed by atoms with Gasteiger partial charge in [0.25, 0.3) is 0 Å². The van der Waals surface area contributed by atoms with E-state index >= 15 is 0 Å². The largest absolute Gasteiger partial charge is 0.360 e. The summed E-state index contributed by atoms with van der Waals surface area (Å²) >= 11 is 0. The Morgan fingerprint density at radius 3 is 2.88 bits per heavy atom. The van der Waals surface area contributed by atoms with Crippen molar-refractivity contribution in [1.29, 1.82) is 0 Å². The Labute approximate surface area is 98.5 Å². The molecule has 2 N–H and O–H groups in total. The number of rotatable bonds is 1. The Hall–Kier alpha value is -2.29. The Bertz CT molecular complexity index is 677. The minimum absolute atomic E-state index is 0.969. The smallest absolute Gasteiger partial charge is 0.0966 e. The lowest BCUT2D eigenvalue weighted by Crippen LogP contribution is -1.86. The van der Waals surface area contributed by atoms with Gasteiger partial charge in [-0.05, 0) is 17.7 Å². The molecule has 0 amide bonds. The normalized spacial score (nSPS) is 12.5. The highest BCUT2D eigenvalue weighted by Gasteiger charge is 2.24. The maximum atomic E-state index is 4.45. The van der Waals surface area contributed by atoms with E-state index in [9.17, 15) is 0 Å². The molecule has 0 unspecified atom stereocenters. The Morgan fingerprint density at radius 1 is 1.06 bits per heavy atom. The van der Waals surface area contributed by atoms with Gasteiger partial charge in [0.05, 0.1) is 17.1 Å². The Kier molecular flexibility index (Phi) is 1.61. The molecule has 4 rings (SSSR count). The van der Waals surface area contributed by atoms with E-state index in [1.165, 1.54) is 16.7 Å². The number of aromatic nitrogens is 3. The Morgan fingerprint density at radius 2 is 2.00 bits per heavy atom. The maximum absolute atomic E-state index is 4.45. The van der Waals surface area contributed by atoms with Gasteiger partial charge in [-0.2, -0.15) is 5.10 Å². The minimum Gasteiger partial charge on any atom is -0.360 e. The highest BCUT2D eigenvalue weighted by molar-refractivity contribution is 5.79. The van der Waals surface area contributed by atoms with Crippen LogP contribution in [0.2, 0.25) is 0 Å². The number of aromatic amines is 2. The molecule has 3 nitrogen and oxygen atoms in total. The minimum atomic E-state index is 0.969. The van der Waals surface area contributed by atoms with E-state index in [1.807, 2.05) is 12.3 Å². The van der Waals surface area contributed by atoms with Gasteiger partial charge in [0.2, 0.25) is 0 Å². The van der Waals surface area contributed by atoms with Crippen molar-refractivity contribution in [2.24, 2.45) is 0 Å². The SMILES string of the molecule is c1c[nH]c(-c2[nH]nc3c2Cc2ccccc2-3)c1. The summed E-state index contributed by atoms with van der Waals surface area (Å²) in [5.41, 5.74) is 7.25. The van der Waals surface area contributed by atoms with Crippen LogP contribution in [0.4, 0.5) is 0 Å². The molecule has 0 spiro atoms. The fourth-order valence-corrected chi connectivity index (χ4v) is 2.56. The highest BCUT2D eigenvalue weighted by Crippen LogP contribution is 2.39. The van der Waals surface area contributed by atoms with E-state index in [0.29, 0.717) is 0 Å². The van der Waals surface area contributed by atoms with Crippen LogP contribution >= 0.6 is 0 Å². The van der Waals surface area contributed by atoms with Gasteiger partial charge >= 0.3 is 0 Å². The van der Waals surface area contributed by atoms with Crippen LogP contribution in [-0.4, -0.2) is 15.2 Å². The lowest BCUT2D eigenvalue weighted by molar-refractivity contribution is 1.09. The van der Waals surface area contributed by atoms with Crippen molar-refractivity contribution in [1.82, 2.24) is 15.2 Å². The lowest BCUT2D eigenvalue weighted by atomic mass is 10.1. The molecule has 2 aromatic heterocycles. The second kappa shape index (κ2) is 3.10. The zero-order valence-electron chi connectivity index (χ0n) is 9.20. The molecular weight excluding hydrogens is 210 g/mol. The summed E-state index contributed by atoms with van der Waals surface area (Å²) in [5.74, 6) is 0. The summed E-state index contributed by atoms with van der Waals surface area (Å²) in [6.07, 6.45) is 2.90. The molecule has 1 aromatic carbocycles. The van der Waals surface area contributed by atoms with Gasteiger partial charge in [-0.25, -0.2) is 0 Å². The molecular formula is C14H11N3. The number of nitrogens with one attached hydrogen (secondary N) is 2. The molecule has 3 heteroatoms. The van der Waals surface area contributed by atoms with Crippen LogP contribution in [0.5, 0.6) is 0 Å². The second-order valence-corrected chi connectivity index (χ2v) is 4.34. The molecule has 0 radical (unpaired) electrons. The van der Waals surface area contributed by atoms with Crippen LogP contribution in [-0.2, 0) is 6.42 Å². The quantitative estimate of drug-likeness (QED) is 0.510. The lowest BCUT2D eigenvalue weighted by Gasteiger charge is -1.98. The average molecular weight is 221 g/mol. The molecule has 3 aromatic rings. The van der Waals surface area contributed by atoms with Crippen LogP contribution in [0.1, 0.15) is 11.1 Å². The van der Waals surface area contributed by atoms with Crippen molar-refractivity contribution in [3.8, 4) is 22.6 Å². The van der Waals surface area contributed by atoms with Gasteiger partial charge in [-0.1, -0.05) is 24.3 Å². The van der Waals surface area contributed by atoms with Gasteiger partial charge in [-0.3, -0.25) is 5.10 Å². The number of fused-ring (bicyclic) bond motifs is 3. The van der Waals surface area contributed by atoms with Crippen molar-refractivity contribution in [3.05, 3.63) is 53.7 Å². The molecule has 0 saturated carbocycles. The van der Waals surface area contributed by atoms with E-state index in [0.717, 1.165) is 23.5 Å². The standard InChI is InChI=1S/C14H11N3/c1-2-5-10-9(4-1)8-11-13(10)16-17-14(11)12-6-3-7-15-12/h1-7,15H,8H2,(H,16,17). The van der Waals surface area contributed by atoms with E-state index in [-0.39, 0.29) is 0 Å². The highest BCUT2D eigenvalue weighted by atomic mass is 15.1. The third-order valence-electron chi connectivity index (χ3n) is 3.37. The topological polar surface area (TPSA) is 44.5 Å². The summed E-state index contributed by atoms with van der Waals surface area (Å²) in [7, 11) is 0. The molecule has 82 valence electrons. The monoisotopic (exact) mass is 221 g/mol. The van der Waals surface area contributed by atoms with Crippen LogP contribution in [0.3, 0.4) is 0 Å². The number of H-pyrrole nitrogens is 2. The van der Waals surface area contributed by atoms with Crippen LogP contribution in [0.15, 0.2) is 42.6 Å². The molecule has 17 heavy (non-hydrogen) atoms. The molecule has 1 aliphatic carbocycles. The van der Waals surface area contributed by atoms with E-state index in [2.05, 4.69) is 45.5 Å². The predicted molar refractivity (Wildman–Crippen MR) is 66.6 cm³/mol. The van der Waals surface area contributed by atoms with Gasteiger partial charge < -0.3 is 4.98 Å². The first kappa shape index (κ1) is 8.82. The van der Waals surface area contributed by atoms with Crippen molar-refractivity contribution >= 4 is 0 Å². The van der Waals surface area contributed by atoms with Crippen LogP contribution in [0, 0.1) is 0 Å². The summed E-state index contributed by atoms with van der Waals surface area (Å²) in [6, 6.07) is 12.5.